The van der Waals surface area contributed by atoms with Gasteiger partial charge in [0.15, 0.2) is 0 Å². The van der Waals surface area contributed by atoms with Gasteiger partial charge in [0.2, 0.25) is 0 Å². The zero-order valence-electron chi connectivity index (χ0n) is 35.6. The highest BCUT2D eigenvalue weighted by Crippen LogP contribution is 2.66. The summed E-state index contributed by atoms with van der Waals surface area (Å²) in [5.74, 6) is 0. The number of nitrogens with zero attached hydrogens (tertiary/aromatic N) is 3. The average molecular weight is 768 g/mol. The van der Waals surface area contributed by atoms with Gasteiger partial charge in [-0.2, -0.15) is 0 Å². The molecule has 0 bridgehead atoms. The molecule has 0 spiro atoms. The van der Waals surface area contributed by atoms with Gasteiger partial charge in [0.05, 0.1) is 16.6 Å². The molecule has 4 heteroatoms. The van der Waals surface area contributed by atoms with Crippen LogP contribution in [0.1, 0.15) is 115 Å². The van der Waals surface area contributed by atoms with Crippen LogP contribution in [-0.4, -0.2) is 22.4 Å². The fraction of sp³-hybridized carbons (Fsp3) is 0.345. The molecule has 0 saturated heterocycles. The highest BCUT2D eigenvalue weighted by atomic mass is 15.3. The van der Waals surface area contributed by atoms with E-state index in [2.05, 4.69) is 177 Å². The molecule has 4 atom stereocenters. The molecule has 5 heterocycles. The van der Waals surface area contributed by atoms with Crippen molar-refractivity contribution in [1.29, 1.82) is 0 Å². The van der Waals surface area contributed by atoms with Crippen molar-refractivity contribution in [3.8, 4) is 5.69 Å². The standard InChI is InChI=1S/C55H54BN3/c1-51(2,3)36-31-41-50-43(32-36)56-42-24-18-22-39-38-21-10-12-25-44(38)57(49(39)42)46-33-37(58-45-26-13-11-23-40(45)52(4)27-14-15-28-53(52,58)5)34-47(48(46)56)59(50)54(6)29-16-17-30-55(41,54)35-19-8-7-9-20-35/h7-13,18-26,31-34H,14-17,27-30H2,1-6H3. The van der Waals surface area contributed by atoms with Gasteiger partial charge in [-0.3, -0.25) is 0 Å². The lowest BCUT2D eigenvalue weighted by atomic mass is 9.33. The van der Waals surface area contributed by atoms with E-state index in [1.165, 1.54) is 122 Å². The molecule has 59 heavy (non-hydrogen) atoms. The average Bonchev–Trinajstić information content (AvgIpc) is 3.79. The van der Waals surface area contributed by atoms with Crippen molar-refractivity contribution in [3.05, 3.63) is 144 Å². The molecule has 4 unspecified atom stereocenters. The molecule has 6 aromatic carbocycles. The molecule has 3 nitrogen and oxygen atoms in total. The Morgan fingerprint density at radius 2 is 1.25 bits per heavy atom. The zero-order valence-corrected chi connectivity index (χ0v) is 35.6. The van der Waals surface area contributed by atoms with E-state index >= 15 is 0 Å². The van der Waals surface area contributed by atoms with Crippen LogP contribution in [0, 0.1) is 0 Å². The van der Waals surface area contributed by atoms with Crippen LogP contribution >= 0.6 is 0 Å². The Labute approximate surface area is 350 Å². The van der Waals surface area contributed by atoms with Gasteiger partial charge < -0.3 is 14.4 Å². The molecule has 2 fully saturated rings. The summed E-state index contributed by atoms with van der Waals surface area (Å²) in [4.78, 5) is 5.79. The number of hydrogen-bond acceptors (Lipinski definition) is 2. The highest BCUT2D eigenvalue weighted by Gasteiger charge is 2.65. The Hall–Kier alpha value is -5.22. The van der Waals surface area contributed by atoms with Crippen molar-refractivity contribution in [2.45, 2.75) is 120 Å². The third kappa shape index (κ3) is 3.90. The van der Waals surface area contributed by atoms with Gasteiger partial charge in [0.1, 0.15) is 0 Å². The van der Waals surface area contributed by atoms with Gasteiger partial charge in [0.25, 0.3) is 6.71 Å². The first-order valence-electron chi connectivity index (χ1n) is 22.7. The van der Waals surface area contributed by atoms with Crippen molar-refractivity contribution in [2.75, 3.05) is 9.80 Å². The molecule has 7 aromatic rings. The molecule has 2 aliphatic carbocycles. The Kier molecular flexibility index (Phi) is 6.53. The molecule has 1 aromatic heterocycles. The van der Waals surface area contributed by atoms with Crippen molar-refractivity contribution >= 4 is 67.7 Å². The first-order chi connectivity index (χ1) is 28.5. The summed E-state index contributed by atoms with van der Waals surface area (Å²) in [7, 11) is 0. The van der Waals surface area contributed by atoms with Crippen LogP contribution in [-0.2, 0) is 16.2 Å². The Morgan fingerprint density at radius 1 is 0.559 bits per heavy atom. The van der Waals surface area contributed by atoms with Crippen LogP contribution in [0.5, 0.6) is 0 Å². The molecule has 0 N–H and O–H groups in total. The van der Waals surface area contributed by atoms with E-state index in [9.17, 15) is 0 Å². The first-order valence-corrected chi connectivity index (χ1v) is 22.7. The summed E-state index contributed by atoms with van der Waals surface area (Å²) in [5.41, 5.74) is 19.9. The summed E-state index contributed by atoms with van der Waals surface area (Å²) in [6.07, 6.45) is 9.77. The number of benzene rings is 6. The number of rotatable bonds is 2. The van der Waals surface area contributed by atoms with E-state index in [1.54, 1.807) is 5.56 Å². The topological polar surface area (TPSA) is 11.4 Å². The Bertz CT molecular complexity index is 2970. The maximum absolute atomic E-state index is 2.95. The van der Waals surface area contributed by atoms with E-state index in [0.29, 0.717) is 0 Å². The minimum absolute atomic E-state index is 0.00430. The molecule has 0 amide bonds. The van der Waals surface area contributed by atoms with E-state index in [-0.39, 0.29) is 34.0 Å². The Morgan fingerprint density at radius 3 is 2.08 bits per heavy atom. The van der Waals surface area contributed by atoms with Crippen molar-refractivity contribution < 1.29 is 0 Å². The van der Waals surface area contributed by atoms with Crippen LogP contribution in [0.2, 0.25) is 0 Å². The second-order valence-corrected chi connectivity index (χ2v) is 20.9. The lowest BCUT2D eigenvalue weighted by Gasteiger charge is -2.54. The predicted molar refractivity (Wildman–Crippen MR) is 250 cm³/mol. The number of anilines is 4. The minimum Gasteiger partial charge on any atom is -0.335 e. The SMILES string of the molecule is CC(C)(C)c1cc2c3c(c1)C1(c4ccccc4)CCCCC1(C)N3c1cc(N3c4ccccc4C4(C)CCCCC34C)cc3c1B2c1cccc2c4ccccc4n-3c12. The van der Waals surface area contributed by atoms with Crippen molar-refractivity contribution in [3.63, 3.8) is 0 Å². The minimum atomic E-state index is -0.158. The fourth-order valence-electron chi connectivity index (χ4n) is 14.4. The number of fused-ring (bicyclic) bond motifs is 13. The summed E-state index contributed by atoms with van der Waals surface area (Å²) in [6, 6.07) is 48.2. The molecule has 6 aliphatic rings. The van der Waals surface area contributed by atoms with Gasteiger partial charge in [-0.1, -0.05) is 150 Å². The molecular weight excluding hydrogens is 713 g/mol. The summed E-state index contributed by atoms with van der Waals surface area (Å²) in [5, 5.41) is 2.71. The molecular formula is C55H54BN3. The Balaban J connectivity index is 1.21. The van der Waals surface area contributed by atoms with E-state index in [4.69, 9.17) is 0 Å². The maximum Gasteiger partial charge on any atom is 0.252 e. The number of hydrogen-bond donors (Lipinski definition) is 0. The smallest absolute Gasteiger partial charge is 0.252 e. The highest BCUT2D eigenvalue weighted by molar-refractivity contribution is 7.00. The quantitative estimate of drug-likeness (QED) is 0.162. The summed E-state index contributed by atoms with van der Waals surface area (Å²) < 4.78 is 2.69. The normalized spacial score (nSPS) is 27.1. The van der Waals surface area contributed by atoms with Crippen molar-refractivity contribution in [2.24, 2.45) is 0 Å². The van der Waals surface area contributed by atoms with Gasteiger partial charge in [-0.15, -0.1) is 0 Å². The van der Waals surface area contributed by atoms with Crippen LogP contribution in [0.4, 0.5) is 22.7 Å². The largest absolute Gasteiger partial charge is 0.335 e. The van der Waals surface area contributed by atoms with Crippen molar-refractivity contribution in [1.82, 2.24) is 4.57 Å². The summed E-state index contributed by atoms with van der Waals surface area (Å²) in [6.45, 7) is 15.2. The maximum atomic E-state index is 2.95. The second kappa shape index (κ2) is 11.1. The van der Waals surface area contributed by atoms with Crippen LogP contribution in [0.25, 0.3) is 27.5 Å². The van der Waals surface area contributed by atoms with Gasteiger partial charge >= 0.3 is 0 Å². The lowest BCUT2D eigenvalue weighted by Crippen LogP contribution is -2.64. The van der Waals surface area contributed by atoms with Crippen LogP contribution in [0.15, 0.2) is 121 Å². The van der Waals surface area contributed by atoms with Gasteiger partial charge in [0, 0.05) is 55.6 Å². The third-order valence-corrected chi connectivity index (χ3v) is 17.3. The monoisotopic (exact) mass is 767 g/mol. The molecule has 0 radical (unpaired) electrons. The molecule has 292 valence electrons. The van der Waals surface area contributed by atoms with E-state index in [1.807, 2.05) is 0 Å². The summed E-state index contributed by atoms with van der Waals surface area (Å²) >= 11 is 0. The van der Waals surface area contributed by atoms with E-state index in [0.717, 1.165) is 12.8 Å². The van der Waals surface area contributed by atoms with Crippen LogP contribution in [0.3, 0.4) is 0 Å². The number of aromatic nitrogens is 1. The van der Waals surface area contributed by atoms with Gasteiger partial charge in [-0.05, 0) is 108 Å². The second-order valence-electron chi connectivity index (χ2n) is 20.9. The molecule has 13 rings (SSSR count). The van der Waals surface area contributed by atoms with E-state index < -0.39 is 0 Å². The van der Waals surface area contributed by atoms with Crippen LogP contribution < -0.4 is 26.2 Å². The molecule has 2 saturated carbocycles. The lowest BCUT2D eigenvalue weighted by molar-refractivity contribution is 0.195. The third-order valence-electron chi connectivity index (χ3n) is 17.3. The first kappa shape index (κ1) is 34.6. The predicted octanol–water partition coefficient (Wildman–Crippen LogP) is 11.7. The molecule has 4 aliphatic heterocycles. The number of para-hydroxylation sites is 3. The van der Waals surface area contributed by atoms with Gasteiger partial charge in [-0.25, -0.2) is 0 Å². The zero-order chi connectivity index (χ0) is 39.8. The fourth-order valence-corrected chi connectivity index (χ4v) is 14.4.